The van der Waals surface area contributed by atoms with Crippen LogP contribution in [0.1, 0.15) is 77.1 Å². The molecule has 1 saturated carbocycles. The van der Waals surface area contributed by atoms with Crippen molar-refractivity contribution < 1.29 is 19.0 Å². The Morgan fingerprint density at radius 2 is 1.46 bits per heavy atom. The first-order valence-electron chi connectivity index (χ1n) is 12.8. The first-order chi connectivity index (χ1) is 17.2. The van der Waals surface area contributed by atoms with Crippen LogP contribution < -0.4 is 14.2 Å². The summed E-state index contributed by atoms with van der Waals surface area (Å²) in [6, 6.07) is 22.2. The highest BCUT2D eigenvalue weighted by atomic mass is 16.5. The van der Waals surface area contributed by atoms with Crippen LogP contribution >= 0.6 is 0 Å². The Kier molecular flexibility index (Phi) is 5.75. The molecule has 0 unspecified atom stereocenters. The number of benzene rings is 3. The normalized spacial score (nSPS) is 25.1. The highest BCUT2D eigenvalue weighted by molar-refractivity contribution is 6.02. The first kappa shape index (κ1) is 22.2. The number of fused-ring (bicyclic) bond motifs is 6. The third kappa shape index (κ3) is 3.62. The number of rotatable bonds is 5. The fraction of sp³-hybridized carbons (Fsp3) is 0.387. The SMILES string of the molecule is COc1cc2c(cc1OC)[C@@H](C(=O)c1ccccc1)[C@@H]1c3ccccc3O[C@H]2[C@@H]1C1CCCCC1. The summed E-state index contributed by atoms with van der Waals surface area (Å²) in [4.78, 5) is 14.3. The number of hydrogen-bond acceptors (Lipinski definition) is 4. The Morgan fingerprint density at radius 3 is 2.17 bits per heavy atom. The molecule has 1 heterocycles. The second-order valence-corrected chi connectivity index (χ2v) is 10.1. The van der Waals surface area contributed by atoms with Crippen LogP contribution in [0.3, 0.4) is 0 Å². The highest BCUT2D eigenvalue weighted by Crippen LogP contribution is 2.62. The molecule has 3 aromatic rings. The Labute approximate surface area is 207 Å². The van der Waals surface area contributed by atoms with Crippen molar-refractivity contribution in [1.29, 1.82) is 0 Å². The quantitative estimate of drug-likeness (QED) is 0.375. The minimum Gasteiger partial charge on any atom is -0.493 e. The molecule has 0 spiro atoms. The summed E-state index contributed by atoms with van der Waals surface area (Å²) in [6.07, 6.45) is 6.07. The van der Waals surface area contributed by atoms with E-state index in [2.05, 4.69) is 24.3 Å². The van der Waals surface area contributed by atoms with Crippen molar-refractivity contribution in [2.75, 3.05) is 14.2 Å². The lowest BCUT2D eigenvalue weighted by Gasteiger charge is -2.51. The molecule has 0 N–H and O–H groups in total. The van der Waals surface area contributed by atoms with Gasteiger partial charge in [0.05, 0.1) is 20.1 Å². The number of ketones is 1. The van der Waals surface area contributed by atoms with E-state index < -0.39 is 0 Å². The third-order valence-corrected chi connectivity index (χ3v) is 8.42. The van der Waals surface area contributed by atoms with Gasteiger partial charge in [0, 0.05) is 23.0 Å². The van der Waals surface area contributed by atoms with E-state index in [9.17, 15) is 4.79 Å². The van der Waals surface area contributed by atoms with E-state index in [0.717, 1.165) is 28.0 Å². The van der Waals surface area contributed by atoms with Gasteiger partial charge in [0.15, 0.2) is 17.3 Å². The lowest BCUT2D eigenvalue weighted by molar-refractivity contribution is 0.0196. The predicted octanol–water partition coefficient (Wildman–Crippen LogP) is 7.10. The van der Waals surface area contributed by atoms with Gasteiger partial charge in [0.2, 0.25) is 0 Å². The number of carbonyl (C=O) groups is 1. The maximum Gasteiger partial charge on any atom is 0.170 e. The van der Waals surface area contributed by atoms with Crippen molar-refractivity contribution in [1.82, 2.24) is 0 Å². The Morgan fingerprint density at radius 1 is 0.800 bits per heavy atom. The molecule has 4 heteroatoms. The maximum atomic E-state index is 14.3. The van der Waals surface area contributed by atoms with Gasteiger partial charge in [-0.2, -0.15) is 0 Å². The van der Waals surface area contributed by atoms with Gasteiger partial charge >= 0.3 is 0 Å². The largest absolute Gasteiger partial charge is 0.493 e. The molecule has 2 aliphatic carbocycles. The van der Waals surface area contributed by atoms with Crippen LogP contribution in [-0.4, -0.2) is 20.0 Å². The van der Waals surface area contributed by atoms with Crippen molar-refractivity contribution in [3.63, 3.8) is 0 Å². The van der Waals surface area contributed by atoms with E-state index in [4.69, 9.17) is 14.2 Å². The zero-order valence-corrected chi connectivity index (χ0v) is 20.4. The summed E-state index contributed by atoms with van der Waals surface area (Å²) in [7, 11) is 3.32. The Bertz CT molecular complexity index is 1230. The monoisotopic (exact) mass is 468 g/mol. The molecular formula is C31H32O4. The lowest BCUT2D eigenvalue weighted by Crippen LogP contribution is -2.44. The topological polar surface area (TPSA) is 44.8 Å². The molecule has 3 aliphatic rings. The van der Waals surface area contributed by atoms with Gasteiger partial charge in [-0.25, -0.2) is 0 Å². The second kappa shape index (κ2) is 9.07. The van der Waals surface area contributed by atoms with Crippen molar-refractivity contribution in [2.24, 2.45) is 11.8 Å². The summed E-state index contributed by atoms with van der Waals surface area (Å²) >= 11 is 0. The van der Waals surface area contributed by atoms with Gasteiger partial charge in [-0.15, -0.1) is 0 Å². The molecular weight excluding hydrogens is 436 g/mol. The standard InChI is InChI=1S/C31H32O4/c1-33-25-17-22-23(18-26(25)34-2)31-27(19-11-5-3-6-12-19)28(21-15-9-10-16-24(21)35-31)29(22)30(32)20-13-7-4-8-14-20/h4,7-10,13-19,27-29,31H,3,5-6,11-12H2,1-2H3/t27-,28-,29-,31-/m1/s1. The zero-order valence-electron chi connectivity index (χ0n) is 20.4. The van der Waals surface area contributed by atoms with Crippen molar-refractivity contribution in [2.45, 2.75) is 50.0 Å². The average Bonchev–Trinajstić information content (AvgIpc) is 2.93. The van der Waals surface area contributed by atoms with E-state index in [-0.39, 0.29) is 29.6 Å². The second-order valence-electron chi connectivity index (χ2n) is 10.1. The lowest BCUT2D eigenvalue weighted by atomic mass is 9.57. The van der Waals surface area contributed by atoms with Gasteiger partial charge in [-0.3, -0.25) is 4.79 Å². The molecule has 2 bridgehead atoms. The number of ether oxygens (including phenoxy) is 3. The molecule has 35 heavy (non-hydrogen) atoms. The maximum absolute atomic E-state index is 14.3. The first-order valence-corrected chi connectivity index (χ1v) is 12.8. The molecule has 4 nitrogen and oxygen atoms in total. The van der Waals surface area contributed by atoms with E-state index in [1.54, 1.807) is 14.2 Å². The van der Waals surface area contributed by atoms with Crippen molar-refractivity contribution in [3.05, 3.63) is 89.0 Å². The summed E-state index contributed by atoms with van der Waals surface area (Å²) in [6.45, 7) is 0. The summed E-state index contributed by atoms with van der Waals surface area (Å²) in [5.74, 6) is 2.93. The summed E-state index contributed by atoms with van der Waals surface area (Å²) < 4.78 is 18.2. The van der Waals surface area contributed by atoms with Gasteiger partial charge in [0.25, 0.3) is 0 Å². The van der Waals surface area contributed by atoms with E-state index in [0.29, 0.717) is 17.4 Å². The van der Waals surface area contributed by atoms with Crippen molar-refractivity contribution in [3.8, 4) is 17.2 Å². The number of methoxy groups -OCH3 is 2. The van der Waals surface area contributed by atoms with E-state index >= 15 is 0 Å². The minimum absolute atomic E-state index is 0.0614. The molecule has 0 saturated heterocycles. The van der Waals surface area contributed by atoms with Crippen LogP contribution in [0.5, 0.6) is 17.2 Å². The number of Topliss-reactive ketones (excluding diaryl/α,β-unsaturated/α-hetero) is 1. The predicted molar refractivity (Wildman–Crippen MR) is 136 cm³/mol. The molecule has 0 amide bonds. The fourth-order valence-electron chi connectivity index (χ4n) is 6.91. The van der Waals surface area contributed by atoms with Gasteiger partial charge in [-0.1, -0.05) is 80.6 Å². The summed E-state index contributed by atoms with van der Waals surface area (Å²) in [5.41, 5.74) is 3.99. The number of carbonyl (C=O) groups excluding carboxylic acids is 1. The molecule has 6 rings (SSSR count). The van der Waals surface area contributed by atoms with Gasteiger partial charge in [-0.05, 0) is 35.2 Å². The van der Waals surface area contributed by atoms with Crippen LogP contribution in [0.15, 0.2) is 66.7 Å². The molecule has 0 radical (unpaired) electrons. The molecule has 3 aromatic carbocycles. The molecule has 4 atom stereocenters. The van der Waals surface area contributed by atoms with Crippen LogP contribution in [0.2, 0.25) is 0 Å². The molecule has 0 aromatic heterocycles. The third-order valence-electron chi connectivity index (χ3n) is 8.42. The van der Waals surface area contributed by atoms with E-state index in [1.165, 1.54) is 32.1 Å². The van der Waals surface area contributed by atoms with Crippen LogP contribution in [0.25, 0.3) is 0 Å². The Balaban J connectivity index is 1.61. The van der Waals surface area contributed by atoms with E-state index in [1.807, 2.05) is 42.5 Å². The van der Waals surface area contributed by atoms with Gasteiger partial charge in [0.1, 0.15) is 11.9 Å². The van der Waals surface area contributed by atoms with Crippen molar-refractivity contribution >= 4 is 5.78 Å². The zero-order chi connectivity index (χ0) is 23.9. The summed E-state index contributed by atoms with van der Waals surface area (Å²) in [5, 5.41) is 0. The number of hydrogen-bond donors (Lipinski definition) is 0. The Hall–Kier alpha value is -3.27. The minimum atomic E-state index is -0.305. The van der Waals surface area contributed by atoms with Crippen LogP contribution in [-0.2, 0) is 0 Å². The number of para-hydroxylation sites is 1. The molecule has 1 fully saturated rings. The van der Waals surface area contributed by atoms with Crippen LogP contribution in [0, 0.1) is 11.8 Å². The van der Waals surface area contributed by atoms with Gasteiger partial charge < -0.3 is 14.2 Å². The highest BCUT2D eigenvalue weighted by Gasteiger charge is 2.53. The molecule has 1 aliphatic heterocycles. The average molecular weight is 469 g/mol. The smallest absolute Gasteiger partial charge is 0.170 e. The van der Waals surface area contributed by atoms with Crippen LogP contribution in [0.4, 0.5) is 0 Å². The fourth-order valence-corrected chi connectivity index (χ4v) is 6.91. The molecule has 180 valence electrons.